The Morgan fingerprint density at radius 1 is 1.15 bits per heavy atom. The number of para-hydroxylation sites is 2. The van der Waals surface area contributed by atoms with Crippen LogP contribution >= 0.6 is 23.1 Å². The van der Waals surface area contributed by atoms with E-state index >= 15 is 0 Å². The molecule has 2 amide bonds. The van der Waals surface area contributed by atoms with Gasteiger partial charge >= 0.3 is 0 Å². The fourth-order valence-electron chi connectivity index (χ4n) is 3.84. The molecule has 0 atom stereocenters. The normalized spacial score (nSPS) is 13.6. The summed E-state index contributed by atoms with van der Waals surface area (Å²) in [4.78, 5) is 36.2. The Balaban J connectivity index is 1.35. The van der Waals surface area contributed by atoms with Gasteiger partial charge in [0.05, 0.1) is 22.5 Å². The lowest BCUT2D eigenvalue weighted by Crippen LogP contribution is -2.26. The summed E-state index contributed by atoms with van der Waals surface area (Å²) in [6, 6.07) is 13.6. The summed E-state index contributed by atoms with van der Waals surface area (Å²) in [7, 11) is 0. The number of thiophene rings is 1. The third-order valence-corrected chi connectivity index (χ3v) is 7.25. The molecule has 4 aromatic rings. The largest absolute Gasteiger partial charge is 0.324 e. The molecule has 1 aliphatic heterocycles. The zero-order chi connectivity index (χ0) is 22.8. The van der Waals surface area contributed by atoms with E-state index in [-0.39, 0.29) is 23.4 Å². The van der Waals surface area contributed by atoms with Crippen LogP contribution < -0.4 is 10.2 Å². The van der Waals surface area contributed by atoms with Crippen molar-refractivity contribution in [3.8, 4) is 11.1 Å². The van der Waals surface area contributed by atoms with Crippen molar-refractivity contribution >= 4 is 56.5 Å². The summed E-state index contributed by atoms with van der Waals surface area (Å²) in [5.41, 5.74) is 3.12. The van der Waals surface area contributed by atoms with Gasteiger partial charge < -0.3 is 10.2 Å². The lowest BCUT2D eigenvalue weighted by Gasteiger charge is -2.19. The van der Waals surface area contributed by atoms with Crippen LogP contribution in [0.3, 0.4) is 0 Å². The summed E-state index contributed by atoms with van der Waals surface area (Å²) in [6.45, 7) is 0.656. The molecule has 6 nitrogen and oxygen atoms in total. The smallest absolute Gasteiger partial charge is 0.234 e. The van der Waals surface area contributed by atoms with Gasteiger partial charge in [-0.15, -0.1) is 11.3 Å². The lowest BCUT2D eigenvalue weighted by atomic mass is 10.1. The van der Waals surface area contributed by atoms with Crippen molar-refractivity contribution in [3.63, 3.8) is 0 Å². The van der Waals surface area contributed by atoms with Crippen LogP contribution in [-0.2, 0) is 9.59 Å². The Morgan fingerprint density at radius 3 is 2.76 bits per heavy atom. The van der Waals surface area contributed by atoms with Gasteiger partial charge in [-0.05, 0) is 36.2 Å². The zero-order valence-electron chi connectivity index (χ0n) is 17.5. The molecule has 1 fully saturated rings. The first-order chi connectivity index (χ1) is 16.1. The number of aromatic nitrogens is 2. The van der Waals surface area contributed by atoms with Gasteiger partial charge in [-0.25, -0.2) is 14.4 Å². The molecule has 166 valence electrons. The van der Waals surface area contributed by atoms with Gasteiger partial charge in [0.15, 0.2) is 0 Å². The minimum absolute atomic E-state index is 0.0697. The monoisotopic (exact) mass is 478 g/mol. The molecule has 1 N–H and O–H groups in total. The maximum absolute atomic E-state index is 13.4. The Bertz CT molecular complexity index is 1340. The number of fused-ring (bicyclic) bond motifs is 1. The fraction of sp³-hybridized carbons (Fsp3) is 0.167. The molecular formula is C24H19FN4O2S2. The van der Waals surface area contributed by atoms with Gasteiger partial charge in [-0.1, -0.05) is 36.0 Å². The van der Waals surface area contributed by atoms with Crippen molar-refractivity contribution < 1.29 is 14.0 Å². The molecule has 2 aromatic heterocycles. The van der Waals surface area contributed by atoms with Crippen LogP contribution in [0.25, 0.3) is 21.3 Å². The minimum Gasteiger partial charge on any atom is -0.324 e. The quantitative estimate of drug-likeness (QED) is 0.298. The summed E-state index contributed by atoms with van der Waals surface area (Å²) in [6.07, 6.45) is 2.83. The van der Waals surface area contributed by atoms with Crippen molar-refractivity contribution in [2.45, 2.75) is 17.9 Å². The summed E-state index contributed by atoms with van der Waals surface area (Å²) < 4.78 is 13.4. The molecule has 3 heterocycles. The molecule has 33 heavy (non-hydrogen) atoms. The Labute approximate surface area is 197 Å². The van der Waals surface area contributed by atoms with E-state index in [1.165, 1.54) is 41.6 Å². The van der Waals surface area contributed by atoms with Gasteiger partial charge in [0.25, 0.3) is 0 Å². The van der Waals surface area contributed by atoms with Crippen LogP contribution in [0.5, 0.6) is 0 Å². The van der Waals surface area contributed by atoms with Crippen LogP contribution in [-0.4, -0.2) is 34.1 Å². The SMILES string of the molecule is O=C(CSc1ncnc2scc(-c3ccc(F)cc3)c12)Nc1ccccc1N1CCCC1=O. The number of benzene rings is 2. The molecule has 0 aliphatic carbocycles. The predicted octanol–water partition coefficient (Wildman–Crippen LogP) is 5.36. The number of carbonyl (C=O) groups is 2. The Morgan fingerprint density at radius 2 is 1.97 bits per heavy atom. The molecule has 0 radical (unpaired) electrons. The number of carbonyl (C=O) groups excluding carboxylic acids is 2. The summed E-state index contributed by atoms with van der Waals surface area (Å²) >= 11 is 2.81. The fourth-order valence-corrected chi connectivity index (χ4v) is 5.63. The third-order valence-electron chi connectivity index (χ3n) is 5.37. The standard InChI is InChI=1S/C24H19FN4O2S2/c25-16-9-7-15(8-10-16)17-12-32-23-22(17)24(27-14-26-23)33-13-20(30)28-18-4-1-2-5-19(18)29-11-3-6-21(29)31/h1-2,4-5,7-10,12,14H,3,6,11,13H2,(H,28,30). The first kappa shape index (κ1) is 21.5. The highest BCUT2D eigenvalue weighted by Crippen LogP contribution is 2.38. The molecule has 5 rings (SSSR count). The average Bonchev–Trinajstić information content (AvgIpc) is 3.45. The molecule has 2 aromatic carbocycles. The number of amides is 2. The van der Waals surface area contributed by atoms with Crippen LogP contribution in [0.1, 0.15) is 12.8 Å². The highest BCUT2D eigenvalue weighted by Gasteiger charge is 2.24. The molecule has 9 heteroatoms. The van der Waals surface area contributed by atoms with E-state index in [0.717, 1.165) is 33.5 Å². The molecule has 0 spiro atoms. The molecule has 0 bridgehead atoms. The highest BCUT2D eigenvalue weighted by atomic mass is 32.2. The number of hydrogen-bond donors (Lipinski definition) is 1. The first-order valence-electron chi connectivity index (χ1n) is 10.4. The van der Waals surface area contributed by atoms with Crippen molar-refractivity contribution in [3.05, 3.63) is 66.1 Å². The second kappa shape index (κ2) is 9.29. The molecule has 1 saturated heterocycles. The van der Waals surface area contributed by atoms with Crippen LogP contribution in [0.2, 0.25) is 0 Å². The number of nitrogens with zero attached hydrogens (tertiary/aromatic N) is 3. The molecular weight excluding hydrogens is 459 g/mol. The van der Waals surface area contributed by atoms with E-state index < -0.39 is 0 Å². The number of hydrogen-bond acceptors (Lipinski definition) is 6. The van der Waals surface area contributed by atoms with Gasteiger partial charge in [-0.3, -0.25) is 9.59 Å². The number of anilines is 2. The van der Waals surface area contributed by atoms with Gasteiger partial charge in [0.1, 0.15) is 22.0 Å². The maximum Gasteiger partial charge on any atom is 0.234 e. The van der Waals surface area contributed by atoms with E-state index in [4.69, 9.17) is 0 Å². The van der Waals surface area contributed by atoms with Crippen molar-refractivity contribution in [1.82, 2.24) is 9.97 Å². The van der Waals surface area contributed by atoms with E-state index in [0.29, 0.717) is 23.7 Å². The van der Waals surface area contributed by atoms with E-state index in [9.17, 15) is 14.0 Å². The van der Waals surface area contributed by atoms with E-state index in [2.05, 4.69) is 15.3 Å². The zero-order valence-corrected chi connectivity index (χ0v) is 19.1. The van der Waals surface area contributed by atoms with Gasteiger partial charge in [0.2, 0.25) is 11.8 Å². The molecule has 1 aliphatic rings. The highest BCUT2D eigenvalue weighted by molar-refractivity contribution is 8.00. The predicted molar refractivity (Wildman–Crippen MR) is 130 cm³/mol. The van der Waals surface area contributed by atoms with E-state index in [1.54, 1.807) is 23.1 Å². The van der Waals surface area contributed by atoms with Crippen LogP contribution in [0.4, 0.5) is 15.8 Å². The summed E-state index contributed by atoms with van der Waals surface area (Å²) in [5.74, 6) is -0.269. The number of nitrogens with one attached hydrogen (secondary N) is 1. The van der Waals surface area contributed by atoms with Crippen molar-refractivity contribution in [2.75, 3.05) is 22.5 Å². The number of halogens is 1. The second-order valence-corrected chi connectivity index (χ2v) is 9.34. The van der Waals surface area contributed by atoms with Gasteiger partial charge in [0, 0.05) is 23.9 Å². The third kappa shape index (κ3) is 4.46. The average molecular weight is 479 g/mol. The van der Waals surface area contributed by atoms with Crippen LogP contribution in [0, 0.1) is 5.82 Å². The second-order valence-electron chi connectivity index (χ2n) is 7.52. The Kier molecular flexibility index (Phi) is 6.06. The molecule has 0 unspecified atom stereocenters. The van der Waals surface area contributed by atoms with Crippen molar-refractivity contribution in [1.29, 1.82) is 0 Å². The number of thioether (sulfide) groups is 1. The van der Waals surface area contributed by atoms with E-state index in [1.807, 2.05) is 23.6 Å². The van der Waals surface area contributed by atoms with Crippen LogP contribution in [0.15, 0.2) is 65.3 Å². The first-order valence-corrected chi connectivity index (χ1v) is 12.3. The summed E-state index contributed by atoms with van der Waals surface area (Å²) in [5, 5.41) is 6.46. The minimum atomic E-state index is -0.295. The van der Waals surface area contributed by atoms with Gasteiger partial charge in [-0.2, -0.15) is 0 Å². The lowest BCUT2D eigenvalue weighted by molar-refractivity contribution is -0.117. The van der Waals surface area contributed by atoms with Crippen molar-refractivity contribution in [2.24, 2.45) is 0 Å². The Hall–Kier alpha value is -3.30. The molecule has 0 saturated carbocycles. The number of rotatable bonds is 6. The topological polar surface area (TPSA) is 75.2 Å². The maximum atomic E-state index is 13.4.